The highest BCUT2D eigenvalue weighted by atomic mass is 79.9. The van der Waals surface area contributed by atoms with E-state index in [-0.39, 0.29) is 11.6 Å². The van der Waals surface area contributed by atoms with Crippen LogP contribution in [0.5, 0.6) is 0 Å². The van der Waals surface area contributed by atoms with Gasteiger partial charge in [0.1, 0.15) is 0 Å². The van der Waals surface area contributed by atoms with Crippen molar-refractivity contribution >= 4 is 15.9 Å². The minimum Gasteiger partial charge on any atom is -0.374 e. The van der Waals surface area contributed by atoms with Crippen molar-refractivity contribution in [3.8, 4) is 0 Å². The van der Waals surface area contributed by atoms with Gasteiger partial charge in [0, 0.05) is 19.5 Å². The molecular weight excluding hydrogens is 306 g/mol. The second-order valence-corrected chi connectivity index (χ2v) is 6.59. The number of halogens is 1. The van der Waals surface area contributed by atoms with Gasteiger partial charge >= 0.3 is 0 Å². The van der Waals surface area contributed by atoms with Gasteiger partial charge < -0.3 is 10.1 Å². The molecule has 1 atom stereocenters. The summed E-state index contributed by atoms with van der Waals surface area (Å²) < 4.78 is 8.96. The molecule has 1 unspecified atom stereocenters. The lowest BCUT2D eigenvalue weighted by atomic mass is 10.1. The summed E-state index contributed by atoms with van der Waals surface area (Å²) in [4.78, 5) is 0. The fourth-order valence-electron chi connectivity index (χ4n) is 1.87. The highest BCUT2D eigenvalue weighted by Gasteiger charge is 2.19. The largest absolute Gasteiger partial charge is 0.374 e. The van der Waals surface area contributed by atoms with E-state index in [4.69, 9.17) is 4.74 Å². The Bertz CT molecular complexity index is 410. The molecule has 1 heterocycles. The molecule has 1 N–H and O–H groups in total. The monoisotopic (exact) mass is 331 g/mol. The molecule has 0 radical (unpaired) electrons. The third kappa shape index (κ3) is 4.89. The van der Waals surface area contributed by atoms with Crippen molar-refractivity contribution in [1.82, 2.24) is 15.1 Å². The van der Waals surface area contributed by atoms with Crippen LogP contribution in [0, 0.1) is 0 Å². The minimum atomic E-state index is -0.104. The fourth-order valence-corrected chi connectivity index (χ4v) is 2.65. The van der Waals surface area contributed by atoms with Gasteiger partial charge in [0.15, 0.2) is 0 Å². The van der Waals surface area contributed by atoms with Crippen molar-refractivity contribution in [3.63, 3.8) is 0 Å². The summed E-state index contributed by atoms with van der Waals surface area (Å²) in [6.07, 6.45) is 1.84. The smallest absolute Gasteiger partial charge is 0.0766 e. The lowest BCUT2D eigenvalue weighted by molar-refractivity contribution is -0.0136. The molecule has 0 spiro atoms. The molecule has 1 aromatic rings. The lowest BCUT2D eigenvalue weighted by Gasteiger charge is -2.24. The minimum absolute atomic E-state index is 0.104. The standard InChI is InChI=1S/C14H26BrN3O/c1-7-11-13(15)12(18(6)17-11)8-10(16-5)9-19-14(2,3)4/h10,16H,7-9H2,1-6H3. The van der Waals surface area contributed by atoms with E-state index in [2.05, 4.69) is 54.0 Å². The molecule has 0 aliphatic rings. The Labute approximate surface area is 125 Å². The predicted molar refractivity (Wildman–Crippen MR) is 82.5 cm³/mol. The summed E-state index contributed by atoms with van der Waals surface area (Å²) >= 11 is 3.66. The number of hydrogen-bond acceptors (Lipinski definition) is 3. The second-order valence-electron chi connectivity index (χ2n) is 5.80. The fraction of sp³-hybridized carbons (Fsp3) is 0.786. The summed E-state index contributed by atoms with van der Waals surface area (Å²) in [5.41, 5.74) is 2.23. The molecule has 5 heteroatoms. The summed E-state index contributed by atoms with van der Waals surface area (Å²) in [5.74, 6) is 0. The van der Waals surface area contributed by atoms with Gasteiger partial charge in [0.2, 0.25) is 0 Å². The number of aromatic nitrogens is 2. The van der Waals surface area contributed by atoms with E-state index in [0.29, 0.717) is 6.61 Å². The number of nitrogens with zero attached hydrogens (tertiary/aromatic N) is 2. The van der Waals surface area contributed by atoms with E-state index in [1.54, 1.807) is 0 Å². The normalized spacial score (nSPS) is 13.8. The number of hydrogen-bond donors (Lipinski definition) is 1. The van der Waals surface area contributed by atoms with E-state index in [1.807, 2.05) is 18.8 Å². The molecule has 4 nitrogen and oxygen atoms in total. The van der Waals surface area contributed by atoms with Gasteiger partial charge in [0.25, 0.3) is 0 Å². The average molecular weight is 332 g/mol. The van der Waals surface area contributed by atoms with Gasteiger partial charge in [-0.1, -0.05) is 6.92 Å². The second kappa shape index (κ2) is 6.86. The first kappa shape index (κ1) is 16.7. The number of nitrogens with one attached hydrogen (secondary N) is 1. The Kier molecular flexibility index (Phi) is 6.02. The molecular formula is C14H26BrN3O. The van der Waals surface area contributed by atoms with Gasteiger partial charge in [-0.05, 0) is 50.2 Å². The van der Waals surface area contributed by atoms with Crippen molar-refractivity contribution in [1.29, 1.82) is 0 Å². The molecule has 0 amide bonds. The van der Waals surface area contributed by atoms with Crippen LogP contribution in [0.25, 0.3) is 0 Å². The van der Waals surface area contributed by atoms with Gasteiger partial charge in [-0.2, -0.15) is 5.10 Å². The molecule has 0 fully saturated rings. The van der Waals surface area contributed by atoms with E-state index >= 15 is 0 Å². The Morgan fingerprint density at radius 2 is 2.05 bits per heavy atom. The number of likely N-dealkylation sites (N-methyl/N-ethyl adjacent to an activating group) is 1. The van der Waals surface area contributed by atoms with Crippen LogP contribution in [0.2, 0.25) is 0 Å². The van der Waals surface area contributed by atoms with E-state index in [1.165, 1.54) is 5.69 Å². The molecule has 19 heavy (non-hydrogen) atoms. The van der Waals surface area contributed by atoms with Crippen molar-refractivity contribution in [2.45, 2.75) is 52.2 Å². The molecule has 1 aromatic heterocycles. The van der Waals surface area contributed by atoms with E-state index in [0.717, 1.165) is 23.0 Å². The third-order valence-electron chi connectivity index (χ3n) is 3.07. The average Bonchev–Trinajstić information content (AvgIpc) is 2.59. The van der Waals surface area contributed by atoms with Gasteiger partial charge in [-0.25, -0.2) is 0 Å². The zero-order chi connectivity index (χ0) is 14.6. The zero-order valence-corrected chi connectivity index (χ0v) is 14.5. The molecule has 0 bridgehead atoms. The number of aryl methyl sites for hydroxylation is 2. The number of ether oxygens (including phenoxy) is 1. The highest BCUT2D eigenvalue weighted by molar-refractivity contribution is 9.10. The molecule has 1 rings (SSSR count). The maximum atomic E-state index is 5.86. The Balaban J connectivity index is 2.73. The maximum absolute atomic E-state index is 5.86. The molecule has 110 valence electrons. The van der Waals surface area contributed by atoms with Crippen molar-refractivity contribution in [2.24, 2.45) is 7.05 Å². The van der Waals surface area contributed by atoms with Crippen LogP contribution in [-0.4, -0.2) is 35.1 Å². The predicted octanol–water partition coefficient (Wildman–Crippen LogP) is 2.69. The maximum Gasteiger partial charge on any atom is 0.0766 e. The first-order valence-electron chi connectivity index (χ1n) is 6.80. The first-order chi connectivity index (χ1) is 8.78. The summed E-state index contributed by atoms with van der Waals surface area (Å²) in [7, 11) is 3.97. The van der Waals surface area contributed by atoms with Gasteiger partial charge in [0.05, 0.1) is 28.1 Å². The first-order valence-corrected chi connectivity index (χ1v) is 7.59. The van der Waals surface area contributed by atoms with Crippen molar-refractivity contribution in [3.05, 3.63) is 15.9 Å². The van der Waals surface area contributed by atoms with Crippen LogP contribution in [0.15, 0.2) is 4.47 Å². The Morgan fingerprint density at radius 3 is 2.47 bits per heavy atom. The van der Waals surface area contributed by atoms with Crippen LogP contribution in [0.4, 0.5) is 0 Å². The SMILES string of the molecule is CCc1nn(C)c(CC(COC(C)(C)C)NC)c1Br. The van der Waals surface area contributed by atoms with Crippen LogP contribution < -0.4 is 5.32 Å². The molecule has 0 aliphatic carbocycles. The van der Waals surface area contributed by atoms with E-state index < -0.39 is 0 Å². The summed E-state index contributed by atoms with van der Waals surface area (Å²) in [5, 5.41) is 7.84. The van der Waals surface area contributed by atoms with Crippen LogP contribution in [0.1, 0.15) is 39.1 Å². The highest BCUT2D eigenvalue weighted by Crippen LogP contribution is 2.23. The Hall–Kier alpha value is -0.390. The van der Waals surface area contributed by atoms with Crippen molar-refractivity contribution in [2.75, 3.05) is 13.7 Å². The summed E-state index contributed by atoms with van der Waals surface area (Å²) in [6.45, 7) is 9.05. The topological polar surface area (TPSA) is 39.1 Å². The van der Waals surface area contributed by atoms with Crippen molar-refractivity contribution < 1.29 is 4.74 Å². The van der Waals surface area contributed by atoms with Crippen LogP contribution in [0.3, 0.4) is 0 Å². The Morgan fingerprint density at radius 1 is 1.42 bits per heavy atom. The molecule has 0 saturated carbocycles. The number of rotatable bonds is 6. The molecule has 0 aromatic carbocycles. The lowest BCUT2D eigenvalue weighted by Crippen LogP contribution is -2.36. The summed E-state index contributed by atoms with van der Waals surface area (Å²) in [6, 6.07) is 0.288. The quantitative estimate of drug-likeness (QED) is 0.871. The van der Waals surface area contributed by atoms with Crippen LogP contribution >= 0.6 is 15.9 Å². The van der Waals surface area contributed by atoms with Gasteiger partial charge in [-0.3, -0.25) is 4.68 Å². The zero-order valence-electron chi connectivity index (χ0n) is 12.9. The molecule has 0 saturated heterocycles. The third-order valence-corrected chi connectivity index (χ3v) is 3.98. The van der Waals surface area contributed by atoms with Gasteiger partial charge in [-0.15, -0.1) is 0 Å². The van der Waals surface area contributed by atoms with E-state index in [9.17, 15) is 0 Å². The van der Waals surface area contributed by atoms with Crippen LogP contribution in [-0.2, 0) is 24.6 Å². The molecule has 0 aliphatic heterocycles.